The van der Waals surface area contributed by atoms with Crippen molar-refractivity contribution in [3.8, 4) is 11.4 Å². The number of furan rings is 1. The van der Waals surface area contributed by atoms with Crippen LogP contribution in [0.2, 0.25) is 5.02 Å². The van der Waals surface area contributed by atoms with E-state index in [9.17, 15) is 4.79 Å². The molecular weight excluding hydrogens is 374 g/mol. The lowest BCUT2D eigenvalue weighted by Crippen LogP contribution is -2.15. The molecule has 0 bridgehead atoms. The Morgan fingerprint density at radius 1 is 1.27 bits per heavy atom. The van der Waals surface area contributed by atoms with Crippen molar-refractivity contribution in [1.29, 1.82) is 0 Å². The molecule has 0 aliphatic carbocycles. The molecule has 0 aliphatic heterocycles. The number of nitrogens with zero attached hydrogens (tertiary/aromatic N) is 5. The molecule has 26 heavy (non-hydrogen) atoms. The average molecular weight is 388 g/mol. The van der Waals surface area contributed by atoms with Gasteiger partial charge >= 0.3 is 0 Å². The first kappa shape index (κ1) is 16.9. The lowest BCUT2D eigenvalue weighted by Gasteiger charge is -2.05. The largest absolute Gasteiger partial charge is 0.469 e. The summed E-state index contributed by atoms with van der Waals surface area (Å²) in [6.07, 6.45) is 3.19. The van der Waals surface area contributed by atoms with Gasteiger partial charge in [0.05, 0.1) is 22.5 Å². The van der Waals surface area contributed by atoms with Crippen molar-refractivity contribution in [1.82, 2.24) is 24.1 Å². The molecule has 9 heteroatoms. The van der Waals surface area contributed by atoms with E-state index in [0.29, 0.717) is 22.1 Å². The molecule has 4 aromatic rings. The van der Waals surface area contributed by atoms with Crippen LogP contribution < -0.4 is 5.56 Å². The van der Waals surface area contributed by atoms with Crippen LogP contribution in [0, 0.1) is 6.92 Å². The third-order valence-corrected chi connectivity index (χ3v) is 5.24. The highest BCUT2D eigenvalue weighted by atomic mass is 35.5. The molecule has 0 amide bonds. The Hall–Kier alpha value is -2.58. The second-order valence-electron chi connectivity index (χ2n) is 5.71. The number of rotatable bonds is 4. The number of aromatic nitrogens is 5. The number of aryl methyl sites for hydroxylation is 1. The summed E-state index contributed by atoms with van der Waals surface area (Å²) in [5.74, 6) is 2.03. The van der Waals surface area contributed by atoms with E-state index < -0.39 is 0 Å². The predicted octanol–water partition coefficient (Wildman–Crippen LogP) is 3.34. The van der Waals surface area contributed by atoms with Gasteiger partial charge in [0, 0.05) is 25.1 Å². The highest BCUT2D eigenvalue weighted by Gasteiger charge is 2.15. The quantitative estimate of drug-likeness (QED) is 0.500. The third kappa shape index (κ3) is 3.02. The van der Waals surface area contributed by atoms with Crippen LogP contribution in [0.3, 0.4) is 0 Å². The van der Waals surface area contributed by atoms with E-state index in [-0.39, 0.29) is 5.56 Å². The highest BCUT2D eigenvalue weighted by molar-refractivity contribution is 7.98. The number of halogens is 1. The summed E-state index contributed by atoms with van der Waals surface area (Å²) in [6, 6.07) is 6.81. The van der Waals surface area contributed by atoms with Gasteiger partial charge in [0.1, 0.15) is 11.4 Å². The molecule has 4 rings (SSSR count). The van der Waals surface area contributed by atoms with Crippen LogP contribution in [-0.2, 0) is 12.8 Å². The predicted molar refractivity (Wildman–Crippen MR) is 99.5 cm³/mol. The summed E-state index contributed by atoms with van der Waals surface area (Å²) < 4.78 is 8.66. The monoisotopic (exact) mass is 387 g/mol. The van der Waals surface area contributed by atoms with Gasteiger partial charge < -0.3 is 8.98 Å². The van der Waals surface area contributed by atoms with Gasteiger partial charge in [0.25, 0.3) is 5.56 Å². The number of thioether (sulfide) groups is 1. The number of hydrogen-bond donors (Lipinski definition) is 0. The van der Waals surface area contributed by atoms with Crippen molar-refractivity contribution in [3.05, 3.63) is 63.6 Å². The molecule has 0 fully saturated rings. The lowest BCUT2D eigenvalue weighted by atomic mass is 10.2. The first-order valence-corrected chi connectivity index (χ1v) is 9.14. The summed E-state index contributed by atoms with van der Waals surface area (Å²) in [5, 5.41) is 9.70. The van der Waals surface area contributed by atoms with Crippen LogP contribution in [0.15, 0.2) is 51.1 Å². The van der Waals surface area contributed by atoms with E-state index in [1.165, 1.54) is 22.2 Å². The van der Waals surface area contributed by atoms with Crippen LogP contribution in [0.4, 0.5) is 0 Å². The van der Waals surface area contributed by atoms with Gasteiger partial charge in [-0.15, -0.1) is 10.2 Å². The van der Waals surface area contributed by atoms with Gasteiger partial charge in [-0.1, -0.05) is 23.4 Å². The minimum absolute atomic E-state index is 0.166. The van der Waals surface area contributed by atoms with Crippen molar-refractivity contribution in [2.24, 2.45) is 7.05 Å². The van der Waals surface area contributed by atoms with E-state index in [2.05, 4.69) is 15.2 Å². The maximum atomic E-state index is 12.2. The van der Waals surface area contributed by atoms with Crippen molar-refractivity contribution in [3.63, 3.8) is 0 Å². The zero-order valence-electron chi connectivity index (χ0n) is 14.0. The second-order valence-corrected chi connectivity index (χ2v) is 7.08. The number of fused-ring (bicyclic) bond motifs is 1. The fourth-order valence-corrected chi connectivity index (χ4v) is 3.59. The Bertz CT molecular complexity index is 1160. The topological polar surface area (TPSA) is 78.2 Å². The van der Waals surface area contributed by atoms with Crippen molar-refractivity contribution in [2.45, 2.75) is 17.8 Å². The molecule has 4 heterocycles. The summed E-state index contributed by atoms with van der Waals surface area (Å²) in [4.78, 5) is 16.7. The Labute approximate surface area is 157 Å². The zero-order chi connectivity index (χ0) is 18.3. The van der Waals surface area contributed by atoms with Crippen LogP contribution in [0.25, 0.3) is 17.0 Å². The van der Waals surface area contributed by atoms with Gasteiger partial charge in [-0.05, 0) is 25.1 Å². The van der Waals surface area contributed by atoms with Gasteiger partial charge in [-0.3, -0.25) is 9.20 Å². The standard InChI is InChI=1S/C17H14ClN5O2S/c1-10-13(5-6-25-10)16-20-21-17(22(16)2)26-9-12-7-15(24)23-8-11(18)3-4-14(23)19-12/h3-8H,9H2,1-2H3. The van der Waals surface area contributed by atoms with Crippen LogP contribution in [-0.4, -0.2) is 24.1 Å². The molecule has 0 spiro atoms. The molecule has 0 saturated heterocycles. The maximum Gasteiger partial charge on any atom is 0.258 e. The van der Waals surface area contributed by atoms with Gasteiger partial charge in [-0.2, -0.15) is 0 Å². The lowest BCUT2D eigenvalue weighted by molar-refractivity contribution is 0.534. The highest BCUT2D eigenvalue weighted by Crippen LogP contribution is 2.27. The van der Waals surface area contributed by atoms with E-state index in [0.717, 1.165) is 22.3 Å². The molecular formula is C17H14ClN5O2S. The average Bonchev–Trinajstić information content (AvgIpc) is 3.19. The molecule has 0 saturated carbocycles. The number of hydrogen-bond acceptors (Lipinski definition) is 6. The third-order valence-electron chi connectivity index (χ3n) is 3.96. The molecule has 0 radical (unpaired) electrons. The maximum absolute atomic E-state index is 12.2. The van der Waals surface area contributed by atoms with E-state index >= 15 is 0 Å². The summed E-state index contributed by atoms with van der Waals surface area (Å²) in [7, 11) is 1.90. The minimum atomic E-state index is -0.166. The second kappa shape index (κ2) is 6.62. The molecule has 0 N–H and O–H groups in total. The van der Waals surface area contributed by atoms with E-state index in [1.807, 2.05) is 24.6 Å². The normalized spacial score (nSPS) is 11.3. The molecule has 132 valence electrons. The molecule has 0 aromatic carbocycles. The summed E-state index contributed by atoms with van der Waals surface area (Å²) in [6.45, 7) is 1.88. The SMILES string of the molecule is Cc1occc1-c1nnc(SCc2cc(=O)n3cc(Cl)ccc3n2)n1C. The Morgan fingerprint density at radius 2 is 2.12 bits per heavy atom. The fraction of sp³-hybridized carbons (Fsp3) is 0.176. The Balaban J connectivity index is 1.59. The Morgan fingerprint density at radius 3 is 2.88 bits per heavy atom. The van der Waals surface area contributed by atoms with Crippen LogP contribution >= 0.6 is 23.4 Å². The zero-order valence-corrected chi connectivity index (χ0v) is 15.6. The molecule has 0 aliphatic rings. The van der Waals surface area contributed by atoms with Crippen molar-refractivity contribution >= 4 is 29.0 Å². The van der Waals surface area contributed by atoms with Crippen LogP contribution in [0.5, 0.6) is 0 Å². The molecule has 0 atom stereocenters. The minimum Gasteiger partial charge on any atom is -0.469 e. The van der Waals surface area contributed by atoms with Crippen LogP contribution in [0.1, 0.15) is 11.5 Å². The first-order valence-electron chi connectivity index (χ1n) is 7.77. The van der Waals surface area contributed by atoms with Gasteiger partial charge in [0.15, 0.2) is 11.0 Å². The molecule has 4 aromatic heterocycles. The summed E-state index contributed by atoms with van der Waals surface area (Å²) in [5.41, 5.74) is 1.98. The van der Waals surface area contributed by atoms with E-state index in [1.54, 1.807) is 24.6 Å². The Kier molecular flexibility index (Phi) is 4.29. The van der Waals surface area contributed by atoms with Gasteiger partial charge in [-0.25, -0.2) is 4.98 Å². The van der Waals surface area contributed by atoms with Gasteiger partial charge in [0.2, 0.25) is 0 Å². The van der Waals surface area contributed by atoms with Crippen molar-refractivity contribution < 1.29 is 4.42 Å². The fourth-order valence-electron chi connectivity index (χ4n) is 2.63. The smallest absolute Gasteiger partial charge is 0.258 e. The van der Waals surface area contributed by atoms with E-state index in [4.69, 9.17) is 16.0 Å². The van der Waals surface area contributed by atoms with Crippen molar-refractivity contribution in [2.75, 3.05) is 0 Å². The molecule has 0 unspecified atom stereocenters. The summed E-state index contributed by atoms with van der Waals surface area (Å²) >= 11 is 7.40. The first-order chi connectivity index (χ1) is 12.5. The number of pyridine rings is 1. The molecule has 7 nitrogen and oxygen atoms in total.